The molecule has 0 saturated carbocycles. The van der Waals surface area contributed by atoms with E-state index in [2.05, 4.69) is 91.8 Å². The Hall–Kier alpha value is -3.98. The van der Waals surface area contributed by atoms with Gasteiger partial charge in [-0.2, -0.15) is 15.1 Å². The van der Waals surface area contributed by atoms with Crippen molar-refractivity contribution in [3.05, 3.63) is 71.6 Å². The minimum absolute atomic E-state index is 0.207. The van der Waals surface area contributed by atoms with Crippen LogP contribution < -0.4 is 21.7 Å². The standard InChI is InChI=1S/C27H32N8S/c1-4-21(29-5-2)12-13-30-24-16-25(34-27(28)33-24)32-22-14-19(26-20(15-22)17-31-35-26)11-10-18-8-6-7-9-23(18)36-3/h4,6-11,14-17,29H,5,12-13H2,1-3H3,(H,31,35)(H4,28,30,32,33,34)/b11-10+,21-4-. The van der Waals surface area contributed by atoms with E-state index in [1.807, 2.05) is 31.3 Å². The third kappa shape index (κ3) is 6.37. The Morgan fingerprint density at radius 2 is 1.89 bits per heavy atom. The maximum atomic E-state index is 6.01. The summed E-state index contributed by atoms with van der Waals surface area (Å²) in [7, 11) is 0. The van der Waals surface area contributed by atoms with E-state index >= 15 is 0 Å². The van der Waals surface area contributed by atoms with Gasteiger partial charge in [0, 0.05) is 52.8 Å². The van der Waals surface area contributed by atoms with Gasteiger partial charge in [0.05, 0.1) is 11.7 Å². The highest BCUT2D eigenvalue weighted by Gasteiger charge is 2.08. The molecular formula is C27H32N8S. The van der Waals surface area contributed by atoms with Crippen LogP contribution in [0.3, 0.4) is 0 Å². The quantitative estimate of drug-likeness (QED) is 0.128. The average Bonchev–Trinajstić information content (AvgIpc) is 3.35. The fourth-order valence-corrected chi connectivity index (χ4v) is 4.51. The first kappa shape index (κ1) is 25.1. The van der Waals surface area contributed by atoms with Crippen LogP contribution in [0, 0.1) is 0 Å². The molecule has 4 aromatic rings. The van der Waals surface area contributed by atoms with Crippen molar-refractivity contribution < 1.29 is 0 Å². The van der Waals surface area contributed by atoms with Crippen molar-refractivity contribution in [1.82, 2.24) is 25.5 Å². The Balaban J connectivity index is 1.55. The molecule has 8 nitrogen and oxygen atoms in total. The molecule has 186 valence electrons. The van der Waals surface area contributed by atoms with Gasteiger partial charge in [-0.15, -0.1) is 11.8 Å². The van der Waals surface area contributed by atoms with Crippen molar-refractivity contribution in [1.29, 1.82) is 0 Å². The molecule has 0 unspecified atom stereocenters. The monoisotopic (exact) mass is 500 g/mol. The molecule has 6 N–H and O–H groups in total. The van der Waals surface area contributed by atoms with Gasteiger partial charge >= 0.3 is 0 Å². The Kier molecular flexibility index (Phi) is 8.46. The summed E-state index contributed by atoms with van der Waals surface area (Å²) in [6.07, 6.45) is 11.1. The van der Waals surface area contributed by atoms with E-state index in [9.17, 15) is 0 Å². The molecular weight excluding hydrogens is 468 g/mol. The number of benzene rings is 2. The summed E-state index contributed by atoms with van der Waals surface area (Å²) in [5.41, 5.74) is 11.3. The lowest BCUT2D eigenvalue weighted by atomic mass is 10.1. The lowest BCUT2D eigenvalue weighted by Gasteiger charge is -2.12. The second-order valence-corrected chi connectivity index (χ2v) is 8.97. The summed E-state index contributed by atoms with van der Waals surface area (Å²) >= 11 is 1.73. The van der Waals surface area contributed by atoms with E-state index in [1.165, 1.54) is 16.2 Å². The Morgan fingerprint density at radius 3 is 2.69 bits per heavy atom. The molecule has 0 aliphatic carbocycles. The Labute approximate surface area is 215 Å². The number of aromatic amines is 1. The van der Waals surface area contributed by atoms with Gasteiger partial charge in [0.1, 0.15) is 11.6 Å². The van der Waals surface area contributed by atoms with E-state index in [0.717, 1.165) is 41.7 Å². The molecule has 0 atom stereocenters. The molecule has 2 heterocycles. The van der Waals surface area contributed by atoms with Crippen LogP contribution in [0.5, 0.6) is 0 Å². The molecule has 0 bridgehead atoms. The number of hydrogen-bond donors (Lipinski definition) is 5. The molecule has 2 aromatic heterocycles. The number of allylic oxidation sites excluding steroid dienone is 1. The van der Waals surface area contributed by atoms with Crippen molar-refractivity contribution in [3.63, 3.8) is 0 Å². The lowest BCUT2D eigenvalue weighted by Crippen LogP contribution is -2.16. The Morgan fingerprint density at radius 1 is 1.08 bits per heavy atom. The third-order valence-electron chi connectivity index (χ3n) is 5.63. The molecule has 2 aromatic carbocycles. The SMILES string of the molecule is C/C=C(/CCNc1cc(Nc2cc(/C=C/c3ccccc3SC)c3[nH]ncc3c2)nc(N)n1)NCC. The maximum Gasteiger partial charge on any atom is 0.223 e. The Bertz CT molecular complexity index is 1380. The van der Waals surface area contributed by atoms with Gasteiger partial charge in [0.25, 0.3) is 0 Å². The molecule has 9 heteroatoms. The second-order valence-electron chi connectivity index (χ2n) is 8.12. The van der Waals surface area contributed by atoms with Gasteiger partial charge in [-0.3, -0.25) is 5.10 Å². The number of H-pyrrole nitrogens is 1. The molecule has 0 saturated heterocycles. The van der Waals surface area contributed by atoms with Gasteiger partial charge in [0.15, 0.2) is 0 Å². The van der Waals surface area contributed by atoms with Crippen LogP contribution in [0.1, 0.15) is 31.4 Å². The highest BCUT2D eigenvalue weighted by atomic mass is 32.2. The summed E-state index contributed by atoms with van der Waals surface area (Å²) in [6.45, 7) is 5.75. The fourth-order valence-electron chi connectivity index (χ4n) is 3.93. The van der Waals surface area contributed by atoms with Crippen molar-refractivity contribution >= 4 is 58.1 Å². The summed E-state index contributed by atoms with van der Waals surface area (Å²) in [5.74, 6) is 1.50. The number of nitrogens with zero attached hydrogens (tertiary/aromatic N) is 3. The van der Waals surface area contributed by atoms with Crippen LogP contribution in [-0.4, -0.2) is 39.5 Å². The normalized spacial score (nSPS) is 11.8. The summed E-state index contributed by atoms with van der Waals surface area (Å²) in [4.78, 5) is 9.94. The largest absolute Gasteiger partial charge is 0.389 e. The number of nitrogens with one attached hydrogen (secondary N) is 4. The first-order valence-corrected chi connectivity index (χ1v) is 13.1. The fraction of sp³-hybridized carbons (Fsp3) is 0.222. The van der Waals surface area contributed by atoms with E-state index in [0.29, 0.717) is 11.6 Å². The zero-order chi connectivity index (χ0) is 25.3. The van der Waals surface area contributed by atoms with Gasteiger partial charge < -0.3 is 21.7 Å². The predicted octanol–water partition coefficient (Wildman–Crippen LogP) is 5.89. The maximum absolute atomic E-state index is 6.01. The van der Waals surface area contributed by atoms with E-state index in [4.69, 9.17) is 5.73 Å². The van der Waals surface area contributed by atoms with E-state index < -0.39 is 0 Å². The number of thioether (sulfide) groups is 1. The number of aromatic nitrogens is 4. The first-order chi connectivity index (χ1) is 17.6. The van der Waals surface area contributed by atoms with Crippen LogP contribution in [-0.2, 0) is 0 Å². The molecule has 0 spiro atoms. The molecule has 36 heavy (non-hydrogen) atoms. The van der Waals surface area contributed by atoms with Gasteiger partial charge in [0.2, 0.25) is 5.95 Å². The molecule has 0 radical (unpaired) electrons. The average molecular weight is 501 g/mol. The minimum Gasteiger partial charge on any atom is -0.389 e. The van der Waals surface area contributed by atoms with Gasteiger partial charge in [-0.1, -0.05) is 36.4 Å². The highest BCUT2D eigenvalue weighted by molar-refractivity contribution is 7.98. The van der Waals surface area contributed by atoms with Crippen LogP contribution in [0.2, 0.25) is 0 Å². The van der Waals surface area contributed by atoms with Gasteiger partial charge in [-0.25, -0.2) is 0 Å². The summed E-state index contributed by atoms with van der Waals surface area (Å²) in [6, 6.07) is 14.3. The molecule has 0 amide bonds. The lowest BCUT2D eigenvalue weighted by molar-refractivity contribution is 0.786. The first-order valence-electron chi connectivity index (χ1n) is 11.9. The van der Waals surface area contributed by atoms with E-state index in [-0.39, 0.29) is 5.95 Å². The second kappa shape index (κ2) is 12.1. The smallest absolute Gasteiger partial charge is 0.223 e. The van der Waals surface area contributed by atoms with Crippen molar-refractivity contribution in [2.45, 2.75) is 25.2 Å². The van der Waals surface area contributed by atoms with Crippen molar-refractivity contribution in [2.75, 3.05) is 35.7 Å². The zero-order valence-corrected chi connectivity index (χ0v) is 21.6. The molecule has 0 aliphatic heterocycles. The number of anilines is 4. The van der Waals surface area contributed by atoms with Crippen LogP contribution in [0.15, 0.2) is 65.3 Å². The van der Waals surface area contributed by atoms with Crippen molar-refractivity contribution in [3.8, 4) is 0 Å². The zero-order valence-electron chi connectivity index (χ0n) is 20.8. The van der Waals surface area contributed by atoms with Gasteiger partial charge in [-0.05, 0) is 43.9 Å². The summed E-state index contributed by atoms with van der Waals surface area (Å²) in [5, 5.41) is 18.4. The third-order valence-corrected chi connectivity index (χ3v) is 6.44. The van der Waals surface area contributed by atoms with Crippen LogP contribution in [0.4, 0.5) is 23.3 Å². The summed E-state index contributed by atoms with van der Waals surface area (Å²) < 4.78 is 0. The predicted molar refractivity (Wildman–Crippen MR) is 154 cm³/mol. The van der Waals surface area contributed by atoms with Crippen molar-refractivity contribution in [2.24, 2.45) is 0 Å². The molecule has 4 rings (SSSR count). The number of nitrogen functional groups attached to an aromatic ring is 1. The van der Waals surface area contributed by atoms with E-state index in [1.54, 1.807) is 11.8 Å². The highest BCUT2D eigenvalue weighted by Crippen LogP contribution is 2.28. The number of rotatable bonds is 11. The van der Waals surface area contributed by atoms with Crippen LogP contribution >= 0.6 is 11.8 Å². The number of hydrogen-bond acceptors (Lipinski definition) is 8. The molecule has 0 fully saturated rings. The topological polar surface area (TPSA) is 117 Å². The minimum atomic E-state index is 0.207. The molecule has 0 aliphatic rings. The number of fused-ring (bicyclic) bond motifs is 1. The van der Waals surface area contributed by atoms with Crippen LogP contribution in [0.25, 0.3) is 23.1 Å². The number of nitrogens with two attached hydrogens (primary N) is 1.